The van der Waals surface area contributed by atoms with Crippen LogP contribution in [0.25, 0.3) is 10.8 Å². The first-order chi connectivity index (χ1) is 11.6. The molecule has 5 heteroatoms. The average molecular weight is 342 g/mol. The molecule has 24 heavy (non-hydrogen) atoms. The molecule has 126 valence electrons. The van der Waals surface area contributed by atoms with E-state index in [-0.39, 0.29) is 0 Å². The lowest BCUT2D eigenvalue weighted by atomic mass is 9.97. The molecule has 0 spiro atoms. The summed E-state index contributed by atoms with van der Waals surface area (Å²) in [6.45, 7) is 3.04. The molecule has 1 aliphatic heterocycles. The molecule has 0 saturated carbocycles. The van der Waals surface area contributed by atoms with Gasteiger partial charge >= 0.3 is 0 Å². The van der Waals surface area contributed by atoms with E-state index in [0.29, 0.717) is 23.9 Å². The van der Waals surface area contributed by atoms with Crippen molar-refractivity contribution in [2.45, 2.75) is 17.7 Å². The quantitative estimate of drug-likeness (QED) is 0.849. The van der Waals surface area contributed by atoms with Crippen LogP contribution in [0.15, 0.2) is 47.4 Å². The molecule has 0 amide bonds. The van der Waals surface area contributed by atoms with Gasteiger partial charge in [0.1, 0.15) is 0 Å². The first-order valence-electron chi connectivity index (χ1n) is 8.23. The maximum absolute atomic E-state index is 12.5. The summed E-state index contributed by atoms with van der Waals surface area (Å²) in [4.78, 5) is 2.56. The number of benzene rings is 2. The number of hydrogen-bond donors (Lipinski definition) is 1. The second-order valence-electron chi connectivity index (χ2n) is 6.28. The van der Waals surface area contributed by atoms with Crippen LogP contribution in [0.1, 0.15) is 12.8 Å². The summed E-state index contributed by atoms with van der Waals surface area (Å²) < 4.78 is 27.8. The van der Waals surface area contributed by atoms with E-state index in [9.17, 15) is 8.42 Å². The molecule has 0 atom stereocenters. The van der Waals surface area contributed by atoms with Crippen molar-refractivity contribution in [1.82, 2.24) is 9.62 Å². The number of likely N-dealkylation sites (tertiary alicyclic amines) is 1. The van der Waals surface area contributed by atoms with Gasteiger partial charge in [-0.3, -0.25) is 4.90 Å². The van der Waals surface area contributed by atoms with Gasteiger partial charge in [-0.15, -0.1) is 6.42 Å². The zero-order valence-corrected chi connectivity index (χ0v) is 14.4. The number of piperidine rings is 1. The second kappa shape index (κ2) is 7.35. The minimum Gasteiger partial charge on any atom is -0.292 e. The van der Waals surface area contributed by atoms with Gasteiger partial charge in [0.05, 0.1) is 11.4 Å². The van der Waals surface area contributed by atoms with E-state index in [1.165, 1.54) is 0 Å². The number of rotatable bonds is 5. The van der Waals surface area contributed by atoms with Crippen LogP contribution in [0.5, 0.6) is 0 Å². The molecule has 4 nitrogen and oxygen atoms in total. The van der Waals surface area contributed by atoms with Crippen molar-refractivity contribution in [3.8, 4) is 12.3 Å². The zero-order valence-electron chi connectivity index (χ0n) is 13.6. The van der Waals surface area contributed by atoms with Crippen LogP contribution in [0.3, 0.4) is 0 Å². The number of hydrogen-bond acceptors (Lipinski definition) is 3. The van der Waals surface area contributed by atoms with Gasteiger partial charge in [-0.2, -0.15) is 0 Å². The lowest BCUT2D eigenvalue weighted by Crippen LogP contribution is -2.38. The van der Waals surface area contributed by atoms with Crippen LogP contribution >= 0.6 is 0 Å². The summed E-state index contributed by atoms with van der Waals surface area (Å²) in [5.74, 6) is 3.03. The third kappa shape index (κ3) is 3.96. The molecule has 2 aromatic rings. The fourth-order valence-electron chi connectivity index (χ4n) is 3.12. The van der Waals surface area contributed by atoms with Gasteiger partial charge in [0.25, 0.3) is 0 Å². The van der Waals surface area contributed by atoms with Crippen molar-refractivity contribution >= 4 is 20.8 Å². The first kappa shape index (κ1) is 17.0. The molecule has 2 aromatic carbocycles. The predicted octanol–water partition coefficient (Wildman–Crippen LogP) is 2.46. The lowest BCUT2D eigenvalue weighted by molar-refractivity contribution is 0.204. The Morgan fingerprint density at radius 3 is 2.54 bits per heavy atom. The minimum absolute atomic E-state index is 0.325. The zero-order chi connectivity index (χ0) is 17.0. The molecule has 0 unspecified atom stereocenters. The van der Waals surface area contributed by atoms with E-state index in [0.717, 1.165) is 36.7 Å². The molecule has 0 bridgehead atoms. The standard InChI is InChI=1S/C19H22N2O2S/c1-2-11-21-12-9-16(10-13-21)15-20-24(22,23)19-8-7-17-5-3-4-6-18(17)14-19/h1,3-8,14,16,20H,9-13,15H2. The Bertz CT molecular complexity index is 847. The summed E-state index contributed by atoms with van der Waals surface area (Å²) in [6, 6.07) is 13.0. The Labute approximate surface area is 143 Å². The van der Waals surface area contributed by atoms with E-state index in [2.05, 4.69) is 15.5 Å². The van der Waals surface area contributed by atoms with Gasteiger partial charge < -0.3 is 0 Å². The van der Waals surface area contributed by atoms with Gasteiger partial charge in [-0.25, -0.2) is 13.1 Å². The first-order valence-corrected chi connectivity index (χ1v) is 9.71. The Kier molecular flexibility index (Phi) is 5.20. The van der Waals surface area contributed by atoms with Crippen molar-refractivity contribution in [2.75, 3.05) is 26.2 Å². The molecule has 1 N–H and O–H groups in total. The van der Waals surface area contributed by atoms with Crippen LogP contribution in [-0.4, -0.2) is 39.5 Å². The Morgan fingerprint density at radius 1 is 1.12 bits per heavy atom. The molecule has 3 rings (SSSR count). The third-order valence-electron chi connectivity index (χ3n) is 4.62. The van der Waals surface area contributed by atoms with E-state index in [1.807, 2.05) is 30.3 Å². The predicted molar refractivity (Wildman–Crippen MR) is 97.1 cm³/mol. The number of fused-ring (bicyclic) bond motifs is 1. The van der Waals surface area contributed by atoms with E-state index in [1.54, 1.807) is 12.1 Å². The van der Waals surface area contributed by atoms with Crippen LogP contribution in [-0.2, 0) is 10.0 Å². The lowest BCUT2D eigenvalue weighted by Gasteiger charge is -2.30. The van der Waals surface area contributed by atoms with Crippen molar-refractivity contribution in [1.29, 1.82) is 0 Å². The highest BCUT2D eigenvalue weighted by molar-refractivity contribution is 7.89. The Hall–Kier alpha value is -1.87. The molecule has 0 radical (unpaired) electrons. The SMILES string of the molecule is C#CCN1CCC(CNS(=O)(=O)c2ccc3ccccc3c2)CC1. The largest absolute Gasteiger partial charge is 0.292 e. The monoisotopic (exact) mass is 342 g/mol. The van der Waals surface area contributed by atoms with Crippen LogP contribution in [0, 0.1) is 18.3 Å². The Morgan fingerprint density at radius 2 is 1.83 bits per heavy atom. The van der Waals surface area contributed by atoms with Crippen molar-refractivity contribution in [3.05, 3.63) is 42.5 Å². The fourth-order valence-corrected chi connectivity index (χ4v) is 4.27. The van der Waals surface area contributed by atoms with Gasteiger partial charge in [-0.05, 0) is 54.8 Å². The fraction of sp³-hybridized carbons (Fsp3) is 0.368. The van der Waals surface area contributed by atoms with Gasteiger partial charge in [0, 0.05) is 6.54 Å². The maximum atomic E-state index is 12.5. The summed E-state index contributed by atoms with van der Waals surface area (Å²) in [5.41, 5.74) is 0. The minimum atomic E-state index is -3.47. The summed E-state index contributed by atoms with van der Waals surface area (Å²) in [5, 5.41) is 1.97. The molecular formula is C19H22N2O2S. The summed E-state index contributed by atoms with van der Waals surface area (Å²) in [7, 11) is -3.47. The van der Waals surface area contributed by atoms with E-state index in [4.69, 9.17) is 6.42 Å². The molecule has 1 saturated heterocycles. The van der Waals surface area contributed by atoms with E-state index >= 15 is 0 Å². The number of nitrogens with one attached hydrogen (secondary N) is 1. The number of sulfonamides is 1. The third-order valence-corrected chi connectivity index (χ3v) is 6.04. The molecule has 1 fully saturated rings. The summed E-state index contributed by atoms with van der Waals surface area (Å²) >= 11 is 0. The highest BCUT2D eigenvalue weighted by Gasteiger charge is 2.21. The van der Waals surface area contributed by atoms with Gasteiger partial charge in [-0.1, -0.05) is 36.3 Å². The van der Waals surface area contributed by atoms with Crippen molar-refractivity contribution in [3.63, 3.8) is 0 Å². The highest BCUT2D eigenvalue weighted by Crippen LogP contribution is 2.20. The van der Waals surface area contributed by atoms with Crippen molar-refractivity contribution < 1.29 is 8.42 Å². The molecular weight excluding hydrogens is 320 g/mol. The number of terminal acetylenes is 1. The topological polar surface area (TPSA) is 49.4 Å². The van der Waals surface area contributed by atoms with Crippen LogP contribution < -0.4 is 4.72 Å². The van der Waals surface area contributed by atoms with Gasteiger partial charge in [0.2, 0.25) is 10.0 Å². The van der Waals surface area contributed by atoms with E-state index < -0.39 is 10.0 Å². The average Bonchev–Trinajstić information content (AvgIpc) is 2.61. The maximum Gasteiger partial charge on any atom is 0.240 e. The number of nitrogens with zero attached hydrogens (tertiary/aromatic N) is 1. The Balaban J connectivity index is 1.62. The normalized spacial score (nSPS) is 17.0. The summed E-state index contributed by atoms with van der Waals surface area (Å²) in [6.07, 6.45) is 7.28. The molecule has 0 aromatic heterocycles. The van der Waals surface area contributed by atoms with Crippen LogP contribution in [0.2, 0.25) is 0 Å². The molecule has 1 aliphatic rings. The van der Waals surface area contributed by atoms with Crippen molar-refractivity contribution in [2.24, 2.45) is 5.92 Å². The molecule has 1 heterocycles. The van der Waals surface area contributed by atoms with Gasteiger partial charge in [0.15, 0.2) is 0 Å². The molecule has 0 aliphatic carbocycles. The second-order valence-corrected chi connectivity index (χ2v) is 8.05. The highest BCUT2D eigenvalue weighted by atomic mass is 32.2. The smallest absolute Gasteiger partial charge is 0.240 e. The van der Waals surface area contributed by atoms with Crippen LogP contribution in [0.4, 0.5) is 0 Å².